The van der Waals surface area contributed by atoms with Crippen LogP contribution in [-0.4, -0.2) is 37.2 Å². The average Bonchev–Trinajstić information content (AvgIpc) is 2.71. The average molecular weight is 367 g/mol. The SMILES string of the molecule is C=C[C@H]1C[NH+]2CC[C@H]1C[C@H]2[C@H](OC(C)=O)c1ccnc2ccc(OC)cc12. The molecule has 0 amide bonds. The molecule has 3 aliphatic heterocycles. The Hall–Kier alpha value is -2.40. The van der Waals surface area contributed by atoms with Crippen molar-refractivity contribution in [1.29, 1.82) is 0 Å². The van der Waals surface area contributed by atoms with Crippen LogP contribution in [0.15, 0.2) is 43.1 Å². The second-order valence-corrected chi connectivity index (χ2v) is 7.72. The van der Waals surface area contributed by atoms with Crippen LogP contribution in [0.4, 0.5) is 0 Å². The number of nitrogens with zero attached hydrogens (tertiary/aromatic N) is 1. The lowest BCUT2D eigenvalue weighted by Gasteiger charge is -2.48. The summed E-state index contributed by atoms with van der Waals surface area (Å²) in [4.78, 5) is 18.0. The molecule has 27 heavy (non-hydrogen) atoms. The maximum atomic E-state index is 12.0. The van der Waals surface area contributed by atoms with Gasteiger partial charge in [-0.05, 0) is 30.2 Å². The fraction of sp³-hybridized carbons (Fsp3) is 0.455. The fourth-order valence-electron chi connectivity index (χ4n) is 4.95. The zero-order valence-corrected chi connectivity index (χ0v) is 16.0. The van der Waals surface area contributed by atoms with Crippen molar-refractivity contribution in [3.63, 3.8) is 0 Å². The van der Waals surface area contributed by atoms with Crippen molar-refractivity contribution < 1.29 is 19.2 Å². The Morgan fingerprint density at radius 1 is 1.41 bits per heavy atom. The number of hydrogen-bond acceptors (Lipinski definition) is 4. The first-order chi connectivity index (χ1) is 13.1. The van der Waals surface area contributed by atoms with Gasteiger partial charge in [-0.25, -0.2) is 0 Å². The van der Waals surface area contributed by atoms with Crippen LogP contribution in [0.5, 0.6) is 5.75 Å². The van der Waals surface area contributed by atoms with Gasteiger partial charge < -0.3 is 14.4 Å². The van der Waals surface area contributed by atoms with E-state index >= 15 is 0 Å². The number of esters is 1. The molecular weight excluding hydrogens is 340 g/mol. The monoisotopic (exact) mass is 367 g/mol. The van der Waals surface area contributed by atoms with E-state index in [4.69, 9.17) is 9.47 Å². The third-order valence-corrected chi connectivity index (χ3v) is 6.27. The highest BCUT2D eigenvalue weighted by atomic mass is 16.5. The summed E-state index contributed by atoms with van der Waals surface area (Å²) in [5.41, 5.74) is 1.91. The summed E-state index contributed by atoms with van der Waals surface area (Å²) in [5, 5.41) is 0.991. The van der Waals surface area contributed by atoms with E-state index in [0.29, 0.717) is 11.8 Å². The number of nitrogens with one attached hydrogen (secondary N) is 1. The van der Waals surface area contributed by atoms with Gasteiger partial charge in [-0.3, -0.25) is 9.78 Å². The van der Waals surface area contributed by atoms with E-state index in [1.165, 1.54) is 18.2 Å². The minimum Gasteiger partial charge on any atom is -0.497 e. The molecule has 3 fully saturated rings. The van der Waals surface area contributed by atoms with E-state index in [1.54, 1.807) is 13.3 Å². The van der Waals surface area contributed by atoms with Crippen molar-refractivity contribution in [3.05, 3.63) is 48.7 Å². The Kier molecular flexibility index (Phi) is 4.87. The zero-order chi connectivity index (χ0) is 19.0. The molecule has 1 aromatic carbocycles. The molecule has 2 aromatic rings. The lowest BCUT2D eigenvalue weighted by Crippen LogP contribution is -3.20. The molecule has 142 valence electrons. The second kappa shape index (κ2) is 7.31. The van der Waals surface area contributed by atoms with Crippen LogP contribution < -0.4 is 9.64 Å². The van der Waals surface area contributed by atoms with Gasteiger partial charge in [-0.2, -0.15) is 0 Å². The molecule has 0 saturated carbocycles. The van der Waals surface area contributed by atoms with E-state index in [9.17, 15) is 4.79 Å². The Morgan fingerprint density at radius 2 is 2.26 bits per heavy atom. The smallest absolute Gasteiger partial charge is 0.303 e. The molecule has 0 aliphatic carbocycles. The molecule has 2 bridgehead atoms. The topological polar surface area (TPSA) is 52.9 Å². The highest BCUT2D eigenvalue weighted by molar-refractivity contribution is 5.84. The minimum absolute atomic E-state index is 0.241. The van der Waals surface area contributed by atoms with Crippen LogP contribution in [0.25, 0.3) is 10.9 Å². The normalized spacial score (nSPS) is 27.9. The number of hydrogen-bond donors (Lipinski definition) is 1. The van der Waals surface area contributed by atoms with E-state index in [0.717, 1.165) is 41.7 Å². The Morgan fingerprint density at radius 3 is 2.93 bits per heavy atom. The number of piperidine rings is 3. The van der Waals surface area contributed by atoms with Gasteiger partial charge in [0.05, 0.1) is 25.7 Å². The van der Waals surface area contributed by atoms with Crippen LogP contribution in [0.1, 0.15) is 31.4 Å². The predicted molar refractivity (Wildman–Crippen MR) is 104 cm³/mol. The lowest BCUT2D eigenvalue weighted by molar-refractivity contribution is -0.949. The number of quaternary nitrogens is 1. The van der Waals surface area contributed by atoms with Crippen molar-refractivity contribution in [3.8, 4) is 5.75 Å². The molecule has 5 heteroatoms. The number of benzene rings is 1. The maximum absolute atomic E-state index is 12.0. The predicted octanol–water partition coefficient (Wildman–Crippen LogP) is 2.33. The third kappa shape index (κ3) is 3.32. The maximum Gasteiger partial charge on any atom is 0.303 e. The number of carbonyl (C=O) groups excluding carboxylic acids is 1. The highest BCUT2D eigenvalue weighted by Crippen LogP contribution is 2.36. The van der Waals surface area contributed by atoms with Crippen molar-refractivity contribution in [2.75, 3.05) is 20.2 Å². The summed E-state index contributed by atoms with van der Waals surface area (Å²) in [6.45, 7) is 7.72. The van der Waals surface area contributed by atoms with Gasteiger partial charge in [0.25, 0.3) is 0 Å². The molecule has 0 spiro atoms. The molecule has 3 aliphatic rings. The van der Waals surface area contributed by atoms with Crippen LogP contribution in [-0.2, 0) is 9.53 Å². The Labute approximate surface area is 160 Å². The van der Waals surface area contributed by atoms with Crippen molar-refractivity contribution in [2.24, 2.45) is 11.8 Å². The molecule has 1 aromatic heterocycles. The van der Waals surface area contributed by atoms with Gasteiger partial charge in [0, 0.05) is 42.8 Å². The number of aromatic nitrogens is 1. The molecule has 5 atom stereocenters. The largest absolute Gasteiger partial charge is 0.497 e. The van der Waals surface area contributed by atoms with Gasteiger partial charge in [-0.15, -0.1) is 6.58 Å². The van der Waals surface area contributed by atoms with Crippen LogP contribution in [0.3, 0.4) is 0 Å². The van der Waals surface area contributed by atoms with Crippen LogP contribution >= 0.6 is 0 Å². The summed E-state index contributed by atoms with van der Waals surface area (Å²) in [6, 6.07) is 8.11. The van der Waals surface area contributed by atoms with E-state index in [-0.39, 0.29) is 18.1 Å². The van der Waals surface area contributed by atoms with E-state index < -0.39 is 0 Å². The summed E-state index contributed by atoms with van der Waals surface area (Å²) in [5.74, 6) is 1.74. The van der Waals surface area contributed by atoms with Crippen molar-refractivity contribution >= 4 is 16.9 Å². The molecule has 4 heterocycles. The lowest BCUT2D eigenvalue weighted by atomic mass is 9.73. The van der Waals surface area contributed by atoms with Gasteiger partial charge >= 0.3 is 5.97 Å². The first kappa shape index (κ1) is 18.0. The standard InChI is InChI=1S/C22H26N2O3/c1-4-15-13-24-10-8-16(15)11-21(24)22(27-14(2)25)18-7-9-23-20-6-5-17(26-3)12-19(18)20/h4-7,9,12,15-16,21-22H,1,8,10-11,13H2,2-3H3/p+1/t15-,16-,21-,22+/m0/s1. The minimum atomic E-state index is -0.274. The van der Waals surface area contributed by atoms with Gasteiger partial charge in [0.2, 0.25) is 0 Å². The fourth-order valence-corrected chi connectivity index (χ4v) is 4.95. The van der Waals surface area contributed by atoms with Gasteiger partial charge in [0.1, 0.15) is 11.8 Å². The zero-order valence-electron chi connectivity index (χ0n) is 16.0. The molecule has 0 radical (unpaired) electrons. The van der Waals surface area contributed by atoms with Crippen LogP contribution in [0, 0.1) is 11.8 Å². The van der Waals surface area contributed by atoms with E-state index in [2.05, 4.69) is 17.6 Å². The number of pyridine rings is 1. The highest BCUT2D eigenvalue weighted by Gasteiger charge is 2.47. The number of methoxy groups -OCH3 is 1. The molecule has 5 rings (SSSR count). The first-order valence-corrected chi connectivity index (χ1v) is 9.67. The van der Waals surface area contributed by atoms with E-state index in [1.807, 2.05) is 24.3 Å². The summed E-state index contributed by atoms with van der Waals surface area (Å²) < 4.78 is 11.3. The van der Waals surface area contributed by atoms with Crippen LogP contribution in [0.2, 0.25) is 0 Å². The molecule has 3 saturated heterocycles. The molecular formula is C22H27N2O3+. The Balaban J connectivity index is 1.76. The summed E-state index contributed by atoms with van der Waals surface area (Å²) in [7, 11) is 1.66. The number of ether oxygens (including phenoxy) is 2. The number of fused-ring (bicyclic) bond motifs is 4. The molecule has 5 nitrogen and oxygen atoms in total. The third-order valence-electron chi connectivity index (χ3n) is 6.27. The van der Waals surface area contributed by atoms with Crippen molar-refractivity contribution in [2.45, 2.75) is 31.9 Å². The first-order valence-electron chi connectivity index (χ1n) is 9.67. The molecule has 1 unspecified atom stereocenters. The quantitative estimate of drug-likeness (QED) is 0.651. The molecule has 1 N–H and O–H groups in total. The summed E-state index contributed by atoms with van der Waals surface area (Å²) >= 11 is 0. The van der Waals surface area contributed by atoms with Gasteiger partial charge in [0.15, 0.2) is 6.10 Å². The Bertz CT molecular complexity index is 866. The van der Waals surface area contributed by atoms with Gasteiger partial charge in [-0.1, -0.05) is 6.08 Å². The summed E-state index contributed by atoms with van der Waals surface area (Å²) in [6.07, 6.45) is 5.91. The number of carbonyl (C=O) groups is 1. The number of rotatable bonds is 5. The van der Waals surface area contributed by atoms with Crippen molar-refractivity contribution in [1.82, 2.24) is 4.98 Å². The second-order valence-electron chi connectivity index (χ2n) is 7.72.